The van der Waals surface area contributed by atoms with Crippen molar-refractivity contribution in [2.75, 3.05) is 0 Å². The van der Waals surface area contributed by atoms with Gasteiger partial charge in [-0.3, -0.25) is 0 Å². The van der Waals surface area contributed by atoms with Crippen molar-refractivity contribution in [3.05, 3.63) is 48.2 Å². The van der Waals surface area contributed by atoms with Crippen molar-refractivity contribution >= 4 is 0 Å². The molecule has 2 N–H and O–H groups in total. The summed E-state index contributed by atoms with van der Waals surface area (Å²) in [5.41, 5.74) is 7.95. The summed E-state index contributed by atoms with van der Waals surface area (Å²) in [6.07, 6.45) is 5.76. The van der Waals surface area contributed by atoms with Crippen molar-refractivity contribution in [1.29, 1.82) is 0 Å². The maximum Gasteiger partial charge on any atom is 0.0317 e. The van der Waals surface area contributed by atoms with Gasteiger partial charge in [0.1, 0.15) is 0 Å². The van der Waals surface area contributed by atoms with Gasteiger partial charge in [-0.05, 0) is 25.0 Å². The number of allylic oxidation sites excluding steroid dienone is 4. The van der Waals surface area contributed by atoms with Gasteiger partial charge in [-0.2, -0.15) is 0 Å². The van der Waals surface area contributed by atoms with Crippen molar-refractivity contribution in [3.8, 4) is 0 Å². The highest BCUT2D eigenvalue weighted by Crippen LogP contribution is 2.11. The van der Waals surface area contributed by atoms with Crippen LogP contribution in [0.4, 0.5) is 0 Å². The molecule has 0 aromatic carbocycles. The van der Waals surface area contributed by atoms with Crippen molar-refractivity contribution in [2.24, 2.45) is 5.73 Å². The summed E-state index contributed by atoms with van der Waals surface area (Å²) in [4.78, 5) is 0. The lowest BCUT2D eigenvalue weighted by Gasteiger charge is -2.03. The van der Waals surface area contributed by atoms with E-state index in [-0.39, 0.29) is 0 Å². The third-order valence-electron chi connectivity index (χ3n) is 1.26. The normalized spacial score (nSPS) is 12.0. The largest absolute Gasteiger partial charge is 0.399 e. The average molecular weight is 149 g/mol. The molecule has 0 fully saturated rings. The molecule has 0 amide bonds. The van der Waals surface area contributed by atoms with E-state index in [1.807, 2.05) is 32.1 Å². The summed E-state index contributed by atoms with van der Waals surface area (Å²) < 4.78 is 0. The molecule has 0 unspecified atom stereocenters. The predicted octanol–water partition coefficient (Wildman–Crippen LogP) is 2.54. The Balaban J connectivity index is 4.60. The maximum absolute atomic E-state index is 5.52. The molecule has 0 atom stereocenters. The van der Waals surface area contributed by atoms with Gasteiger partial charge in [0.15, 0.2) is 0 Å². The molecule has 0 aromatic rings. The van der Waals surface area contributed by atoms with Crippen LogP contribution in [0.25, 0.3) is 0 Å². The number of nitrogens with two attached hydrogens (primary N) is 1. The molecular weight excluding hydrogens is 134 g/mol. The molecule has 0 aliphatic carbocycles. The van der Waals surface area contributed by atoms with E-state index < -0.39 is 0 Å². The van der Waals surface area contributed by atoms with Gasteiger partial charge in [0.05, 0.1) is 0 Å². The first-order valence-electron chi connectivity index (χ1n) is 3.53. The Morgan fingerprint density at radius 3 is 2.18 bits per heavy atom. The minimum atomic E-state index is 0.565. The van der Waals surface area contributed by atoms with Crippen molar-refractivity contribution < 1.29 is 0 Å². The Hall–Kier alpha value is -1.24. The van der Waals surface area contributed by atoms with Gasteiger partial charge in [-0.25, -0.2) is 0 Å². The molecule has 0 spiro atoms. The lowest BCUT2D eigenvalue weighted by molar-refractivity contribution is 1.30. The Bertz CT molecular complexity index is 203. The van der Waals surface area contributed by atoms with Crippen LogP contribution in [0.2, 0.25) is 0 Å². The van der Waals surface area contributed by atoms with E-state index in [4.69, 9.17) is 5.73 Å². The molecule has 0 heterocycles. The molecule has 0 aliphatic rings. The first kappa shape index (κ1) is 9.76. The Labute approximate surface area is 68.6 Å². The molecule has 0 bridgehead atoms. The van der Waals surface area contributed by atoms with Crippen LogP contribution in [0.15, 0.2) is 48.2 Å². The lowest BCUT2D eigenvalue weighted by Crippen LogP contribution is -1.99. The van der Waals surface area contributed by atoms with E-state index in [0.29, 0.717) is 5.70 Å². The fourth-order valence-corrected chi connectivity index (χ4v) is 0.716. The van der Waals surface area contributed by atoms with Gasteiger partial charge in [-0.15, -0.1) is 0 Å². The van der Waals surface area contributed by atoms with Crippen LogP contribution in [0.5, 0.6) is 0 Å². The highest BCUT2D eigenvalue weighted by molar-refractivity contribution is 5.43. The molecule has 0 aliphatic heterocycles. The smallest absolute Gasteiger partial charge is 0.0317 e. The predicted molar refractivity (Wildman–Crippen MR) is 51.0 cm³/mol. The zero-order valence-electron chi connectivity index (χ0n) is 7.22. The van der Waals surface area contributed by atoms with Crippen molar-refractivity contribution in [2.45, 2.75) is 13.8 Å². The molecule has 0 rings (SSSR count). The van der Waals surface area contributed by atoms with Gasteiger partial charge in [0.25, 0.3) is 0 Å². The van der Waals surface area contributed by atoms with Crippen molar-refractivity contribution in [1.82, 2.24) is 0 Å². The minimum Gasteiger partial charge on any atom is -0.399 e. The Morgan fingerprint density at radius 1 is 1.36 bits per heavy atom. The number of hydrogen-bond acceptors (Lipinski definition) is 1. The van der Waals surface area contributed by atoms with E-state index in [9.17, 15) is 0 Å². The minimum absolute atomic E-state index is 0.565. The molecule has 1 heteroatoms. The summed E-state index contributed by atoms with van der Waals surface area (Å²) in [7, 11) is 0. The highest BCUT2D eigenvalue weighted by Gasteiger charge is 1.96. The quantitative estimate of drug-likeness (QED) is 0.613. The van der Waals surface area contributed by atoms with Crippen LogP contribution >= 0.6 is 0 Å². The first-order chi connectivity index (χ1) is 5.09. The van der Waals surface area contributed by atoms with Gasteiger partial charge >= 0.3 is 0 Å². The van der Waals surface area contributed by atoms with Crippen LogP contribution < -0.4 is 5.73 Å². The zero-order valence-corrected chi connectivity index (χ0v) is 7.22. The summed E-state index contributed by atoms with van der Waals surface area (Å²) in [6.45, 7) is 11.3. The third kappa shape index (κ3) is 3.46. The molecule has 0 saturated carbocycles. The van der Waals surface area contributed by atoms with Gasteiger partial charge in [-0.1, -0.05) is 31.4 Å². The summed E-state index contributed by atoms with van der Waals surface area (Å²) in [5, 5.41) is 0. The SMILES string of the molecule is C=C(C)/C(=C\C=C/C)C(=C)N. The van der Waals surface area contributed by atoms with Crippen LogP contribution in [0.3, 0.4) is 0 Å². The molecule has 0 saturated heterocycles. The van der Waals surface area contributed by atoms with E-state index in [2.05, 4.69) is 13.2 Å². The molecular formula is C10H15N. The Morgan fingerprint density at radius 2 is 1.91 bits per heavy atom. The van der Waals surface area contributed by atoms with Gasteiger partial charge < -0.3 is 5.73 Å². The second-order valence-corrected chi connectivity index (χ2v) is 2.41. The van der Waals surface area contributed by atoms with Crippen LogP contribution in [-0.4, -0.2) is 0 Å². The molecule has 0 aromatic heterocycles. The van der Waals surface area contributed by atoms with Crippen molar-refractivity contribution in [3.63, 3.8) is 0 Å². The second-order valence-electron chi connectivity index (χ2n) is 2.41. The number of hydrogen-bond donors (Lipinski definition) is 1. The zero-order chi connectivity index (χ0) is 8.85. The first-order valence-corrected chi connectivity index (χ1v) is 3.53. The van der Waals surface area contributed by atoms with Crippen LogP contribution in [0.1, 0.15) is 13.8 Å². The van der Waals surface area contributed by atoms with E-state index in [1.54, 1.807) is 0 Å². The average Bonchev–Trinajstić information content (AvgIpc) is 1.87. The summed E-state index contributed by atoms with van der Waals surface area (Å²) in [6, 6.07) is 0. The molecule has 0 radical (unpaired) electrons. The van der Waals surface area contributed by atoms with E-state index >= 15 is 0 Å². The van der Waals surface area contributed by atoms with Gasteiger partial charge in [0.2, 0.25) is 0 Å². The standard InChI is InChI=1S/C10H15N/c1-5-6-7-10(8(2)3)9(4)11/h5-7H,2,4,11H2,1,3H3/b6-5-,10-7+. The van der Waals surface area contributed by atoms with Crippen LogP contribution in [0, 0.1) is 0 Å². The fourth-order valence-electron chi connectivity index (χ4n) is 0.716. The topological polar surface area (TPSA) is 26.0 Å². The van der Waals surface area contributed by atoms with Gasteiger partial charge in [0, 0.05) is 5.70 Å². The Kier molecular flexibility index (Phi) is 4.04. The third-order valence-corrected chi connectivity index (χ3v) is 1.26. The number of rotatable bonds is 3. The van der Waals surface area contributed by atoms with E-state index in [0.717, 1.165) is 11.1 Å². The summed E-state index contributed by atoms with van der Waals surface area (Å²) in [5.74, 6) is 0. The molecule has 1 nitrogen and oxygen atoms in total. The summed E-state index contributed by atoms with van der Waals surface area (Å²) >= 11 is 0. The second kappa shape index (κ2) is 4.56. The highest BCUT2D eigenvalue weighted by atomic mass is 14.6. The fraction of sp³-hybridized carbons (Fsp3) is 0.200. The maximum atomic E-state index is 5.52. The lowest BCUT2D eigenvalue weighted by atomic mass is 10.1. The van der Waals surface area contributed by atoms with Crippen LogP contribution in [-0.2, 0) is 0 Å². The molecule has 11 heavy (non-hydrogen) atoms. The molecule has 60 valence electrons. The monoisotopic (exact) mass is 149 g/mol. The van der Waals surface area contributed by atoms with E-state index in [1.165, 1.54) is 0 Å².